The smallest absolute Gasteiger partial charge is 0.338 e. The van der Waals surface area contributed by atoms with E-state index in [1.54, 1.807) is 13.0 Å². The van der Waals surface area contributed by atoms with Gasteiger partial charge in [-0.25, -0.2) is 4.79 Å². The second kappa shape index (κ2) is 7.66. The van der Waals surface area contributed by atoms with Crippen LogP contribution in [-0.4, -0.2) is 24.3 Å². The van der Waals surface area contributed by atoms with Crippen LogP contribution >= 0.6 is 22.6 Å². The van der Waals surface area contributed by atoms with Crippen molar-refractivity contribution in [1.29, 1.82) is 0 Å². The van der Waals surface area contributed by atoms with Crippen molar-refractivity contribution in [2.75, 3.05) is 13.2 Å². The van der Waals surface area contributed by atoms with Gasteiger partial charge in [0, 0.05) is 10.2 Å². The molecule has 3 nitrogen and oxygen atoms in total. The summed E-state index contributed by atoms with van der Waals surface area (Å²) in [6.45, 7) is 2.41. The van der Waals surface area contributed by atoms with Crippen LogP contribution in [0, 0.1) is 3.57 Å². The molecule has 0 unspecified atom stereocenters. The van der Waals surface area contributed by atoms with Gasteiger partial charge in [-0.2, -0.15) is 0 Å². The number of aryl methyl sites for hydroxylation is 1. The van der Waals surface area contributed by atoms with Crippen molar-refractivity contribution in [3.05, 3.63) is 32.9 Å². The molecule has 0 fully saturated rings. The Morgan fingerprint density at radius 3 is 2.82 bits per heavy atom. The Morgan fingerprint density at radius 1 is 1.41 bits per heavy atom. The number of hydrogen-bond donors (Lipinski definition) is 1. The topological polar surface area (TPSA) is 46.5 Å². The van der Waals surface area contributed by atoms with Crippen LogP contribution in [0.15, 0.2) is 18.2 Å². The summed E-state index contributed by atoms with van der Waals surface area (Å²) in [6, 6.07) is 5.60. The van der Waals surface area contributed by atoms with Gasteiger partial charge in [0.15, 0.2) is 0 Å². The molecule has 1 aromatic rings. The van der Waals surface area contributed by atoms with E-state index in [-0.39, 0.29) is 12.6 Å². The van der Waals surface area contributed by atoms with Crippen LogP contribution in [0.3, 0.4) is 0 Å². The number of unbranched alkanes of at least 4 members (excludes halogenated alkanes) is 1. The lowest BCUT2D eigenvalue weighted by molar-refractivity contribution is 0.0526. The van der Waals surface area contributed by atoms with E-state index in [4.69, 9.17) is 9.84 Å². The van der Waals surface area contributed by atoms with Gasteiger partial charge in [0.25, 0.3) is 0 Å². The zero-order valence-electron chi connectivity index (χ0n) is 9.91. The summed E-state index contributed by atoms with van der Waals surface area (Å²) in [5, 5.41) is 8.75. The second-order valence-electron chi connectivity index (χ2n) is 3.71. The van der Waals surface area contributed by atoms with Gasteiger partial charge < -0.3 is 9.84 Å². The van der Waals surface area contributed by atoms with E-state index in [1.165, 1.54) is 0 Å². The normalized spacial score (nSPS) is 10.3. The molecule has 0 aliphatic heterocycles. The molecule has 0 amide bonds. The zero-order valence-corrected chi connectivity index (χ0v) is 12.1. The van der Waals surface area contributed by atoms with Crippen LogP contribution in [0.2, 0.25) is 0 Å². The fourth-order valence-corrected chi connectivity index (χ4v) is 2.14. The molecule has 0 heterocycles. The van der Waals surface area contributed by atoms with Crippen molar-refractivity contribution in [2.45, 2.75) is 26.2 Å². The average molecular weight is 348 g/mol. The predicted molar refractivity (Wildman–Crippen MR) is 75.1 cm³/mol. The van der Waals surface area contributed by atoms with Gasteiger partial charge in [-0.3, -0.25) is 0 Å². The fraction of sp³-hybridized carbons (Fsp3) is 0.462. The Kier molecular flexibility index (Phi) is 6.50. The highest BCUT2D eigenvalue weighted by Gasteiger charge is 2.09. The quantitative estimate of drug-likeness (QED) is 0.489. The number of halogens is 1. The van der Waals surface area contributed by atoms with Crippen molar-refractivity contribution < 1.29 is 14.6 Å². The van der Waals surface area contributed by atoms with Gasteiger partial charge in [0.05, 0.1) is 12.2 Å². The fourth-order valence-electron chi connectivity index (χ4n) is 1.53. The minimum Gasteiger partial charge on any atom is -0.462 e. The molecule has 94 valence electrons. The third-order valence-corrected chi connectivity index (χ3v) is 3.46. The number of carbonyl (C=O) groups excluding carboxylic acids is 1. The lowest BCUT2D eigenvalue weighted by atomic mass is 10.1. The molecule has 17 heavy (non-hydrogen) atoms. The molecule has 0 spiro atoms. The maximum absolute atomic E-state index is 11.6. The van der Waals surface area contributed by atoms with Crippen molar-refractivity contribution in [3.8, 4) is 0 Å². The van der Waals surface area contributed by atoms with E-state index in [2.05, 4.69) is 22.6 Å². The first kappa shape index (κ1) is 14.4. The van der Waals surface area contributed by atoms with Crippen LogP contribution in [0.1, 0.15) is 35.7 Å². The van der Waals surface area contributed by atoms with E-state index < -0.39 is 0 Å². The minimum atomic E-state index is -0.271. The molecular weight excluding hydrogens is 331 g/mol. The first-order valence-corrected chi connectivity index (χ1v) is 6.83. The summed E-state index contributed by atoms with van der Waals surface area (Å²) in [5.74, 6) is -0.271. The van der Waals surface area contributed by atoms with Crippen LogP contribution in [0.5, 0.6) is 0 Å². The number of ether oxygens (including phenoxy) is 1. The second-order valence-corrected chi connectivity index (χ2v) is 4.87. The zero-order chi connectivity index (χ0) is 12.7. The van der Waals surface area contributed by atoms with Gasteiger partial charge in [-0.15, -0.1) is 0 Å². The summed E-state index contributed by atoms with van der Waals surface area (Å²) < 4.78 is 6.11. The van der Waals surface area contributed by atoms with Gasteiger partial charge >= 0.3 is 5.97 Å². The van der Waals surface area contributed by atoms with Crippen LogP contribution in [0.25, 0.3) is 0 Å². The lowest BCUT2D eigenvalue weighted by Crippen LogP contribution is -2.06. The van der Waals surface area contributed by atoms with Crippen molar-refractivity contribution >= 4 is 28.6 Å². The molecule has 0 aliphatic carbocycles. The summed E-state index contributed by atoms with van der Waals surface area (Å²) in [6.07, 6.45) is 2.60. The molecule has 4 heteroatoms. The monoisotopic (exact) mass is 348 g/mol. The van der Waals surface area contributed by atoms with Crippen LogP contribution in [-0.2, 0) is 11.2 Å². The van der Waals surface area contributed by atoms with Crippen molar-refractivity contribution in [3.63, 3.8) is 0 Å². The molecule has 0 radical (unpaired) electrons. The van der Waals surface area contributed by atoms with Crippen LogP contribution in [0.4, 0.5) is 0 Å². The van der Waals surface area contributed by atoms with Crippen molar-refractivity contribution in [1.82, 2.24) is 0 Å². The molecule has 1 aromatic carbocycles. The number of rotatable bonds is 6. The predicted octanol–water partition coefficient (Wildman–Crippen LogP) is 2.78. The van der Waals surface area contributed by atoms with Gasteiger partial charge in [0.1, 0.15) is 0 Å². The molecule has 0 saturated carbocycles. The highest BCUT2D eigenvalue weighted by Crippen LogP contribution is 2.17. The van der Waals surface area contributed by atoms with Crippen LogP contribution < -0.4 is 0 Å². The Bertz CT molecular complexity index is 377. The first-order chi connectivity index (χ1) is 8.19. The van der Waals surface area contributed by atoms with Gasteiger partial charge in [-0.1, -0.05) is 0 Å². The molecule has 0 aliphatic rings. The number of aliphatic hydroxyl groups is 1. The Labute approximate surface area is 115 Å². The Balaban J connectivity index is 2.75. The first-order valence-electron chi connectivity index (χ1n) is 5.75. The van der Waals surface area contributed by atoms with E-state index in [0.717, 1.165) is 28.4 Å². The number of carbonyl (C=O) groups is 1. The molecule has 0 atom stereocenters. The summed E-state index contributed by atoms with van der Waals surface area (Å²) in [4.78, 5) is 11.6. The Hall–Kier alpha value is -0.620. The lowest BCUT2D eigenvalue weighted by Gasteiger charge is -2.07. The molecule has 0 aromatic heterocycles. The molecule has 1 rings (SSSR count). The SMILES string of the molecule is CCOC(=O)c1ccc(I)c(CCCCO)c1. The largest absolute Gasteiger partial charge is 0.462 e. The highest BCUT2D eigenvalue weighted by atomic mass is 127. The molecule has 1 N–H and O–H groups in total. The number of aliphatic hydroxyl groups excluding tert-OH is 1. The summed E-state index contributed by atoms with van der Waals surface area (Å²) in [5.41, 5.74) is 1.75. The summed E-state index contributed by atoms with van der Waals surface area (Å²) >= 11 is 2.26. The number of hydrogen-bond acceptors (Lipinski definition) is 3. The van der Waals surface area contributed by atoms with Gasteiger partial charge in [0.2, 0.25) is 0 Å². The summed E-state index contributed by atoms with van der Waals surface area (Å²) in [7, 11) is 0. The van der Waals surface area contributed by atoms with E-state index in [9.17, 15) is 4.79 Å². The van der Waals surface area contributed by atoms with Crippen molar-refractivity contribution in [2.24, 2.45) is 0 Å². The number of benzene rings is 1. The molecular formula is C13H17IO3. The average Bonchev–Trinajstić information content (AvgIpc) is 2.32. The highest BCUT2D eigenvalue weighted by molar-refractivity contribution is 14.1. The van der Waals surface area contributed by atoms with Gasteiger partial charge in [-0.05, 0) is 72.5 Å². The Morgan fingerprint density at radius 2 is 2.18 bits per heavy atom. The standard InChI is InChI=1S/C13H17IO3/c1-2-17-13(16)11-6-7-12(14)10(9-11)5-3-4-8-15/h6-7,9,15H,2-5,8H2,1H3. The third kappa shape index (κ3) is 4.63. The molecule has 0 bridgehead atoms. The maximum Gasteiger partial charge on any atom is 0.338 e. The molecule has 0 saturated heterocycles. The maximum atomic E-state index is 11.6. The minimum absolute atomic E-state index is 0.216. The van der Waals surface area contributed by atoms with E-state index in [0.29, 0.717) is 12.2 Å². The van der Waals surface area contributed by atoms with E-state index in [1.807, 2.05) is 12.1 Å². The number of esters is 1. The van der Waals surface area contributed by atoms with E-state index >= 15 is 0 Å². The third-order valence-electron chi connectivity index (χ3n) is 2.41.